The van der Waals surface area contributed by atoms with Gasteiger partial charge in [0.2, 0.25) is 0 Å². The lowest BCUT2D eigenvalue weighted by Gasteiger charge is -2.10. The Morgan fingerprint density at radius 1 is 0.867 bits per heavy atom. The van der Waals surface area contributed by atoms with Crippen LogP contribution in [0, 0.1) is 0 Å². The van der Waals surface area contributed by atoms with Crippen molar-refractivity contribution in [2.24, 2.45) is 0 Å². The van der Waals surface area contributed by atoms with Crippen LogP contribution in [-0.4, -0.2) is 20.1 Å². The quantitative estimate of drug-likeness (QED) is 0.523. The Labute approximate surface area is 172 Å². The summed E-state index contributed by atoms with van der Waals surface area (Å²) in [6.45, 7) is 0. The standard InChI is InChI=1S/C24H19NO5/c1-28-18-10-16(11-19(13-18)29-2)24(27)25-17-8-9-22-20(12-17)21(26)14-23(30-22)15-6-4-3-5-7-15/h3-14H,1-2H3,(H,25,27). The third-order valence-electron chi connectivity index (χ3n) is 4.66. The molecule has 1 aromatic heterocycles. The van der Waals surface area contributed by atoms with Gasteiger partial charge in [0.15, 0.2) is 5.43 Å². The van der Waals surface area contributed by atoms with Crippen LogP contribution in [-0.2, 0) is 0 Å². The number of benzene rings is 3. The van der Waals surface area contributed by atoms with E-state index in [1.54, 1.807) is 36.4 Å². The molecule has 0 atom stereocenters. The van der Waals surface area contributed by atoms with Crippen molar-refractivity contribution < 1.29 is 18.7 Å². The van der Waals surface area contributed by atoms with Crippen molar-refractivity contribution in [3.8, 4) is 22.8 Å². The number of carbonyl (C=O) groups excluding carboxylic acids is 1. The summed E-state index contributed by atoms with van der Waals surface area (Å²) in [6, 6.07) is 20.7. The van der Waals surface area contributed by atoms with Crippen molar-refractivity contribution in [1.29, 1.82) is 0 Å². The highest BCUT2D eigenvalue weighted by Gasteiger charge is 2.12. The number of anilines is 1. The summed E-state index contributed by atoms with van der Waals surface area (Å²) in [5, 5.41) is 3.18. The van der Waals surface area contributed by atoms with Gasteiger partial charge in [-0.1, -0.05) is 30.3 Å². The Morgan fingerprint density at radius 2 is 1.57 bits per heavy atom. The highest BCUT2D eigenvalue weighted by Crippen LogP contribution is 2.25. The van der Waals surface area contributed by atoms with Gasteiger partial charge in [-0.15, -0.1) is 0 Å². The number of hydrogen-bond acceptors (Lipinski definition) is 5. The first kappa shape index (κ1) is 19.3. The molecule has 3 aromatic carbocycles. The zero-order valence-electron chi connectivity index (χ0n) is 16.5. The predicted molar refractivity (Wildman–Crippen MR) is 115 cm³/mol. The Hall–Kier alpha value is -4.06. The molecule has 6 heteroatoms. The van der Waals surface area contributed by atoms with Crippen LogP contribution in [0.5, 0.6) is 11.5 Å². The number of ether oxygens (including phenoxy) is 2. The van der Waals surface area contributed by atoms with Crippen molar-refractivity contribution in [3.63, 3.8) is 0 Å². The fraction of sp³-hybridized carbons (Fsp3) is 0.0833. The van der Waals surface area contributed by atoms with Crippen LogP contribution in [0.25, 0.3) is 22.3 Å². The van der Waals surface area contributed by atoms with Gasteiger partial charge >= 0.3 is 0 Å². The number of rotatable bonds is 5. The Morgan fingerprint density at radius 3 is 2.23 bits per heavy atom. The van der Waals surface area contributed by atoms with Crippen molar-refractivity contribution in [2.45, 2.75) is 0 Å². The fourth-order valence-electron chi connectivity index (χ4n) is 3.12. The van der Waals surface area contributed by atoms with Gasteiger partial charge < -0.3 is 19.2 Å². The van der Waals surface area contributed by atoms with Gasteiger partial charge in [-0.25, -0.2) is 0 Å². The summed E-state index contributed by atoms with van der Waals surface area (Å²) in [5.41, 5.74) is 1.93. The molecule has 150 valence electrons. The molecule has 6 nitrogen and oxygen atoms in total. The third-order valence-corrected chi connectivity index (χ3v) is 4.66. The van der Waals surface area contributed by atoms with Gasteiger partial charge in [0.1, 0.15) is 22.8 Å². The summed E-state index contributed by atoms with van der Waals surface area (Å²) in [6.07, 6.45) is 0. The maximum atomic E-state index is 12.7. The van der Waals surface area contributed by atoms with E-state index in [0.29, 0.717) is 39.5 Å². The molecule has 0 bridgehead atoms. The number of fused-ring (bicyclic) bond motifs is 1. The van der Waals surface area contributed by atoms with Crippen molar-refractivity contribution in [3.05, 3.63) is 88.6 Å². The summed E-state index contributed by atoms with van der Waals surface area (Å²) in [7, 11) is 3.03. The van der Waals surface area contributed by atoms with E-state index in [2.05, 4.69) is 5.32 Å². The van der Waals surface area contributed by atoms with E-state index in [1.165, 1.54) is 20.3 Å². The van der Waals surface area contributed by atoms with E-state index in [1.807, 2.05) is 30.3 Å². The first-order chi connectivity index (χ1) is 14.6. The number of nitrogens with one attached hydrogen (secondary N) is 1. The lowest BCUT2D eigenvalue weighted by molar-refractivity contribution is 0.102. The molecule has 4 rings (SSSR count). The van der Waals surface area contributed by atoms with Crippen LogP contribution in [0.2, 0.25) is 0 Å². The van der Waals surface area contributed by atoms with Gasteiger partial charge in [0.05, 0.1) is 19.6 Å². The molecule has 0 saturated heterocycles. The molecule has 4 aromatic rings. The number of amides is 1. The Balaban J connectivity index is 1.65. The van der Waals surface area contributed by atoms with E-state index in [9.17, 15) is 9.59 Å². The summed E-state index contributed by atoms with van der Waals surface area (Å²) >= 11 is 0. The maximum absolute atomic E-state index is 12.7. The lowest BCUT2D eigenvalue weighted by Crippen LogP contribution is -2.12. The highest BCUT2D eigenvalue weighted by molar-refractivity contribution is 6.05. The maximum Gasteiger partial charge on any atom is 0.255 e. The van der Waals surface area contributed by atoms with E-state index in [0.717, 1.165) is 5.56 Å². The zero-order valence-corrected chi connectivity index (χ0v) is 16.5. The molecule has 0 radical (unpaired) electrons. The van der Waals surface area contributed by atoms with Crippen LogP contribution in [0.4, 0.5) is 5.69 Å². The fourth-order valence-corrected chi connectivity index (χ4v) is 3.12. The Kier molecular flexibility index (Phi) is 5.22. The lowest BCUT2D eigenvalue weighted by atomic mass is 10.1. The van der Waals surface area contributed by atoms with E-state index in [-0.39, 0.29) is 11.3 Å². The molecule has 0 aliphatic carbocycles. The smallest absolute Gasteiger partial charge is 0.255 e. The molecule has 1 amide bonds. The molecular formula is C24H19NO5. The molecule has 0 spiro atoms. The highest BCUT2D eigenvalue weighted by atomic mass is 16.5. The zero-order chi connectivity index (χ0) is 21.1. The monoisotopic (exact) mass is 401 g/mol. The molecule has 0 fully saturated rings. The van der Waals surface area contributed by atoms with Crippen LogP contribution in [0.15, 0.2) is 82.0 Å². The molecule has 0 aliphatic heterocycles. The van der Waals surface area contributed by atoms with Crippen LogP contribution in [0.3, 0.4) is 0 Å². The molecule has 0 aliphatic rings. The SMILES string of the molecule is COc1cc(OC)cc(C(=O)Nc2ccc3oc(-c4ccccc4)cc(=O)c3c2)c1. The minimum Gasteiger partial charge on any atom is -0.497 e. The predicted octanol–water partition coefficient (Wildman–Crippen LogP) is 4.73. The number of carbonyl (C=O) groups is 1. The summed E-state index contributed by atoms with van der Waals surface area (Å²) < 4.78 is 16.3. The molecule has 1 N–H and O–H groups in total. The molecule has 30 heavy (non-hydrogen) atoms. The minimum absolute atomic E-state index is 0.186. The topological polar surface area (TPSA) is 77.8 Å². The van der Waals surface area contributed by atoms with Crippen molar-refractivity contribution in [1.82, 2.24) is 0 Å². The van der Waals surface area contributed by atoms with E-state index >= 15 is 0 Å². The summed E-state index contributed by atoms with van der Waals surface area (Å²) in [5.74, 6) is 1.16. The number of methoxy groups -OCH3 is 2. The molecule has 0 saturated carbocycles. The second kappa shape index (κ2) is 8.13. The molecular weight excluding hydrogens is 382 g/mol. The van der Waals surface area contributed by atoms with Crippen LogP contribution in [0.1, 0.15) is 10.4 Å². The van der Waals surface area contributed by atoms with Gasteiger partial charge in [0, 0.05) is 28.9 Å². The van der Waals surface area contributed by atoms with E-state index in [4.69, 9.17) is 13.9 Å². The molecule has 0 unspecified atom stereocenters. The van der Waals surface area contributed by atoms with Gasteiger partial charge in [0.25, 0.3) is 5.91 Å². The van der Waals surface area contributed by atoms with Crippen LogP contribution < -0.4 is 20.2 Å². The third kappa shape index (κ3) is 3.89. The van der Waals surface area contributed by atoms with Gasteiger partial charge in [-0.2, -0.15) is 0 Å². The molecule has 1 heterocycles. The summed E-state index contributed by atoms with van der Waals surface area (Å²) in [4.78, 5) is 25.3. The second-order valence-electron chi connectivity index (χ2n) is 6.61. The van der Waals surface area contributed by atoms with Crippen molar-refractivity contribution in [2.75, 3.05) is 19.5 Å². The first-order valence-corrected chi connectivity index (χ1v) is 9.25. The minimum atomic E-state index is -0.350. The second-order valence-corrected chi connectivity index (χ2v) is 6.61. The Bertz CT molecular complexity index is 1260. The largest absolute Gasteiger partial charge is 0.497 e. The average Bonchev–Trinajstić information content (AvgIpc) is 2.79. The van der Waals surface area contributed by atoms with E-state index < -0.39 is 0 Å². The normalized spacial score (nSPS) is 10.6. The van der Waals surface area contributed by atoms with Gasteiger partial charge in [-0.05, 0) is 30.3 Å². The van der Waals surface area contributed by atoms with Crippen LogP contribution >= 0.6 is 0 Å². The van der Waals surface area contributed by atoms with Gasteiger partial charge in [-0.3, -0.25) is 9.59 Å². The van der Waals surface area contributed by atoms with Crippen molar-refractivity contribution >= 4 is 22.6 Å². The average molecular weight is 401 g/mol. The first-order valence-electron chi connectivity index (χ1n) is 9.25. The number of hydrogen-bond donors (Lipinski definition) is 1.